The zero-order valence-corrected chi connectivity index (χ0v) is 19.4. The highest BCUT2D eigenvalue weighted by Gasteiger charge is 2.35. The molecule has 3 aromatic rings. The summed E-state index contributed by atoms with van der Waals surface area (Å²) in [5.41, 5.74) is 3.44. The van der Waals surface area contributed by atoms with Gasteiger partial charge < -0.3 is 14.5 Å². The summed E-state index contributed by atoms with van der Waals surface area (Å²) in [6, 6.07) is 10.3. The van der Waals surface area contributed by atoms with Crippen LogP contribution in [0.25, 0.3) is 0 Å². The lowest BCUT2D eigenvalue weighted by Gasteiger charge is -2.30. The number of carbonyl (C=O) groups is 2. The first-order valence-electron chi connectivity index (χ1n) is 10.6. The molecule has 4 heterocycles. The lowest BCUT2D eigenvalue weighted by molar-refractivity contribution is 0.0668. The van der Waals surface area contributed by atoms with Crippen molar-refractivity contribution in [3.05, 3.63) is 74.7 Å². The van der Waals surface area contributed by atoms with Gasteiger partial charge in [-0.2, -0.15) is 5.10 Å². The third kappa shape index (κ3) is 4.05. The Kier molecular flexibility index (Phi) is 5.72. The number of benzene rings is 1. The first-order chi connectivity index (χ1) is 15.9. The second-order valence-electron chi connectivity index (χ2n) is 8.00. The van der Waals surface area contributed by atoms with E-state index in [0.717, 1.165) is 17.0 Å². The van der Waals surface area contributed by atoms with Gasteiger partial charge in [-0.05, 0) is 24.3 Å². The van der Waals surface area contributed by atoms with E-state index < -0.39 is 0 Å². The molecule has 2 aliphatic rings. The number of hydrogen-bond acceptors (Lipinski definition) is 5. The summed E-state index contributed by atoms with van der Waals surface area (Å²) in [5.74, 6) is 0.249. The molecule has 0 saturated heterocycles. The fraction of sp³-hybridized carbons (Fsp3) is 0.304. The molecule has 0 fully saturated rings. The number of rotatable bonds is 4. The Morgan fingerprint density at radius 1 is 1.12 bits per heavy atom. The van der Waals surface area contributed by atoms with E-state index in [2.05, 4.69) is 10.1 Å². The maximum absolute atomic E-state index is 13.4. The Morgan fingerprint density at radius 3 is 2.76 bits per heavy atom. The second-order valence-corrected chi connectivity index (χ2v) is 8.81. The molecule has 1 aromatic carbocycles. The monoisotopic (exact) mass is 485 g/mol. The van der Waals surface area contributed by atoms with E-state index in [1.807, 2.05) is 12.1 Å². The molecule has 0 spiro atoms. The number of carbonyl (C=O) groups excluding carboxylic acids is 2. The predicted octanol–water partition coefficient (Wildman–Crippen LogP) is 3.45. The minimum absolute atomic E-state index is 0.108. The lowest BCUT2D eigenvalue weighted by atomic mass is 10.0. The van der Waals surface area contributed by atoms with E-state index in [1.54, 1.807) is 45.9 Å². The van der Waals surface area contributed by atoms with Crippen molar-refractivity contribution in [2.24, 2.45) is 0 Å². The number of fused-ring (bicyclic) bond motifs is 3. The summed E-state index contributed by atoms with van der Waals surface area (Å²) in [7, 11) is 1.56. The molecule has 10 heteroatoms. The first kappa shape index (κ1) is 21.7. The number of ether oxygens (including phenoxy) is 1. The average molecular weight is 486 g/mol. The van der Waals surface area contributed by atoms with Gasteiger partial charge in [-0.1, -0.05) is 29.3 Å². The second kappa shape index (κ2) is 8.68. The van der Waals surface area contributed by atoms with Gasteiger partial charge in [0.25, 0.3) is 11.8 Å². The molecule has 2 aliphatic heterocycles. The van der Waals surface area contributed by atoms with Crippen LogP contribution in [0.5, 0.6) is 5.88 Å². The summed E-state index contributed by atoms with van der Waals surface area (Å²) in [4.78, 5) is 34.4. The molecule has 0 saturated carbocycles. The van der Waals surface area contributed by atoms with Crippen LogP contribution in [0.4, 0.5) is 0 Å². The maximum atomic E-state index is 13.4. The van der Waals surface area contributed by atoms with Crippen LogP contribution in [0, 0.1) is 0 Å². The summed E-state index contributed by atoms with van der Waals surface area (Å²) in [5, 5.41) is 5.39. The molecule has 2 aromatic heterocycles. The SMILES string of the molecule is COc1cccc(CN2CCn3nc4c(c3C2=O)CN(C(=O)c2ccc(Cl)c(Cl)c2)CC4)n1. The molecule has 170 valence electrons. The predicted molar refractivity (Wildman–Crippen MR) is 123 cm³/mol. The largest absolute Gasteiger partial charge is 0.481 e. The minimum Gasteiger partial charge on any atom is -0.481 e. The molecule has 33 heavy (non-hydrogen) atoms. The molecule has 0 unspecified atom stereocenters. The van der Waals surface area contributed by atoms with Crippen LogP contribution >= 0.6 is 23.2 Å². The lowest BCUT2D eigenvalue weighted by Crippen LogP contribution is -2.41. The van der Waals surface area contributed by atoms with Gasteiger partial charge in [0, 0.05) is 36.7 Å². The number of halogens is 2. The fourth-order valence-corrected chi connectivity index (χ4v) is 4.58. The first-order valence-corrected chi connectivity index (χ1v) is 11.3. The van der Waals surface area contributed by atoms with Crippen molar-refractivity contribution in [1.29, 1.82) is 0 Å². The van der Waals surface area contributed by atoms with Gasteiger partial charge in [-0.25, -0.2) is 4.98 Å². The topological polar surface area (TPSA) is 80.6 Å². The van der Waals surface area contributed by atoms with Crippen LogP contribution in [0.2, 0.25) is 10.0 Å². The van der Waals surface area contributed by atoms with Gasteiger partial charge in [0.05, 0.1) is 48.2 Å². The Bertz CT molecular complexity index is 1260. The van der Waals surface area contributed by atoms with Crippen LogP contribution in [-0.4, -0.2) is 56.6 Å². The zero-order chi connectivity index (χ0) is 23.1. The van der Waals surface area contributed by atoms with Crippen LogP contribution in [0.15, 0.2) is 36.4 Å². The molecule has 0 bridgehead atoms. The molecule has 5 rings (SSSR count). The highest BCUT2D eigenvalue weighted by molar-refractivity contribution is 6.42. The molecular weight excluding hydrogens is 465 g/mol. The van der Waals surface area contributed by atoms with E-state index >= 15 is 0 Å². The normalized spacial score (nSPS) is 15.3. The minimum atomic E-state index is -0.153. The summed E-state index contributed by atoms with van der Waals surface area (Å²) >= 11 is 12.1. The van der Waals surface area contributed by atoms with Crippen LogP contribution in [0.1, 0.15) is 37.8 Å². The number of aromatic nitrogens is 3. The van der Waals surface area contributed by atoms with Crippen molar-refractivity contribution in [2.75, 3.05) is 20.2 Å². The maximum Gasteiger partial charge on any atom is 0.272 e. The van der Waals surface area contributed by atoms with Crippen LogP contribution < -0.4 is 4.74 Å². The van der Waals surface area contributed by atoms with Gasteiger partial charge in [0.2, 0.25) is 5.88 Å². The summed E-state index contributed by atoms with van der Waals surface area (Å²) in [6.07, 6.45) is 0.590. The fourth-order valence-electron chi connectivity index (χ4n) is 4.29. The van der Waals surface area contributed by atoms with E-state index in [-0.39, 0.29) is 11.8 Å². The summed E-state index contributed by atoms with van der Waals surface area (Å²) < 4.78 is 6.97. The quantitative estimate of drug-likeness (QED) is 0.565. The molecule has 8 nitrogen and oxygen atoms in total. The molecule has 2 amide bonds. The van der Waals surface area contributed by atoms with Crippen LogP contribution in [0.3, 0.4) is 0 Å². The number of amides is 2. The smallest absolute Gasteiger partial charge is 0.272 e. The number of nitrogens with zero attached hydrogens (tertiary/aromatic N) is 5. The Morgan fingerprint density at radius 2 is 1.97 bits per heavy atom. The van der Waals surface area contributed by atoms with Gasteiger partial charge in [-0.15, -0.1) is 0 Å². The average Bonchev–Trinajstić information content (AvgIpc) is 3.21. The molecular formula is C23H21Cl2N5O3. The van der Waals surface area contributed by atoms with E-state index in [9.17, 15) is 9.59 Å². The third-order valence-corrected chi connectivity index (χ3v) is 6.71. The standard InChI is InChI=1S/C23H21Cl2N5O3/c1-33-20-4-2-3-15(26-20)12-29-9-10-30-21(23(29)32)16-13-28(8-7-19(16)27-30)22(31)14-5-6-17(24)18(25)11-14/h2-6,11H,7-10,12-13H2,1H3. The van der Waals surface area contributed by atoms with Crippen molar-refractivity contribution < 1.29 is 14.3 Å². The highest BCUT2D eigenvalue weighted by atomic mass is 35.5. The van der Waals surface area contributed by atoms with Crippen LogP contribution in [-0.2, 0) is 26.1 Å². The van der Waals surface area contributed by atoms with E-state index in [4.69, 9.17) is 27.9 Å². The van der Waals surface area contributed by atoms with Gasteiger partial charge in [-0.3, -0.25) is 14.3 Å². The Labute approximate surface area is 200 Å². The van der Waals surface area contributed by atoms with Gasteiger partial charge in [0.1, 0.15) is 5.69 Å². The molecule has 0 N–H and O–H groups in total. The van der Waals surface area contributed by atoms with Crippen molar-refractivity contribution >= 4 is 35.0 Å². The third-order valence-electron chi connectivity index (χ3n) is 5.97. The molecule has 0 radical (unpaired) electrons. The molecule has 0 aliphatic carbocycles. The van der Waals surface area contributed by atoms with E-state index in [1.165, 1.54) is 0 Å². The van der Waals surface area contributed by atoms with Crippen molar-refractivity contribution in [2.45, 2.75) is 26.1 Å². The van der Waals surface area contributed by atoms with E-state index in [0.29, 0.717) is 66.3 Å². The van der Waals surface area contributed by atoms with Gasteiger partial charge in [0.15, 0.2) is 0 Å². The number of pyridine rings is 1. The van der Waals surface area contributed by atoms with Gasteiger partial charge >= 0.3 is 0 Å². The number of hydrogen-bond donors (Lipinski definition) is 0. The van der Waals surface area contributed by atoms with Crippen molar-refractivity contribution in [3.63, 3.8) is 0 Å². The molecule has 0 atom stereocenters. The highest BCUT2D eigenvalue weighted by Crippen LogP contribution is 2.29. The van der Waals surface area contributed by atoms with Crippen molar-refractivity contribution in [3.8, 4) is 5.88 Å². The number of methoxy groups -OCH3 is 1. The zero-order valence-electron chi connectivity index (χ0n) is 17.9. The summed E-state index contributed by atoms with van der Waals surface area (Å²) in [6.45, 7) is 2.35. The Hall–Kier alpha value is -3.10. The Balaban J connectivity index is 1.38. The van der Waals surface area contributed by atoms with Crippen molar-refractivity contribution in [1.82, 2.24) is 24.6 Å².